The van der Waals surface area contributed by atoms with Crippen molar-refractivity contribution < 1.29 is 22.7 Å². The van der Waals surface area contributed by atoms with Crippen molar-refractivity contribution in [3.05, 3.63) is 59.4 Å². The first kappa shape index (κ1) is 23.7. The fourth-order valence-corrected chi connectivity index (χ4v) is 5.77. The molecule has 1 saturated heterocycles. The van der Waals surface area contributed by atoms with Crippen molar-refractivity contribution in [2.75, 3.05) is 32.6 Å². The second-order valence-corrected chi connectivity index (χ2v) is 10.1. The van der Waals surface area contributed by atoms with Crippen molar-refractivity contribution in [1.29, 1.82) is 0 Å². The minimum atomic E-state index is -3.65. The van der Waals surface area contributed by atoms with Gasteiger partial charge in [0.2, 0.25) is 10.0 Å². The number of aromatic nitrogens is 2. The molecule has 0 radical (unpaired) electrons. The summed E-state index contributed by atoms with van der Waals surface area (Å²) in [6.07, 6.45) is 2.56. The van der Waals surface area contributed by atoms with Gasteiger partial charge in [0.05, 0.1) is 28.8 Å². The van der Waals surface area contributed by atoms with Crippen LogP contribution in [0, 0.1) is 6.92 Å². The Morgan fingerprint density at radius 1 is 1.12 bits per heavy atom. The maximum Gasteiger partial charge on any atom is 0.411 e. The maximum absolute atomic E-state index is 13.1. The number of sulfonamides is 1. The molecule has 0 atom stereocenters. The van der Waals surface area contributed by atoms with Crippen LogP contribution in [0.15, 0.2) is 47.5 Å². The van der Waals surface area contributed by atoms with E-state index in [9.17, 15) is 18.0 Å². The summed E-state index contributed by atoms with van der Waals surface area (Å²) in [5, 5.41) is 9.57. The summed E-state index contributed by atoms with van der Waals surface area (Å²) < 4.78 is 33.9. The van der Waals surface area contributed by atoms with E-state index in [-0.39, 0.29) is 16.7 Å². The van der Waals surface area contributed by atoms with Crippen molar-refractivity contribution in [3.63, 3.8) is 0 Å². The summed E-state index contributed by atoms with van der Waals surface area (Å²) in [5.74, 6) is -0.00538. The molecule has 1 aromatic carbocycles. The monoisotopic (exact) mass is 485 g/mol. The molecule has 0 unspecified atom stereocenters. The molecule has 10 nitrogen and oxygen atoms in total. The topological polar surface area (TPSA) is 122 Å². The van der Waals surface area contributed by atoms with Crippen molar-refractivity contribution in [2.24, 2.45) is 0 Å². The Hall–Kier alpha value is -3.44. The van der Waals surface area contributed by atoms with Crippen LogP contribution in [0.5, 0.6) is 0 Å². The number of benzene rings is 1. The lowest BCUT2D eigenvalue weighted by Gasteiger charge is -2.31. The summed E-state index contributed by atoms with van der Waals surface area (Å²) in [6, 6.07) is 9.97. The Balaban J connectivity index is 1.48. The minimum Gasteiger partial charge on any atom is -0.453 e. The van der Waals surface area contributed by atoms with Gasteiger partial charge in [-0.1, -0.05) is 0 Å². The molecular weight excluding hydrogens is 458 g/mol. The summed E-state index contributed by atoms with van der Waals surface area (Å²) in [7, 11) is -0.800. The van der Waals surface area contributed by atoms with Crippen molar-refractivity contribution in [2.45, 2.75) is 30.6 Å². The normalized spacial score (nSPS) is 15.3. The van der Waals surface area contributed by atoms with E-state index in [1.165, 1.54) is 35.7 Å². The number of ether oxygens (including phenoxy) is 1. The highest BCUT2D eigenvalue weighted by molar-refractivity contribution is 7.89. The van der Waals surface area contributed by atoms with Gasteiger partial charge in [0.1, 0.15) is 0 Å². The molecule has 0 saturated carbocycles. The Bertz CT molecular complexity index is 1330. The number of nitrogens with zero attached hydrogens (tertiary/aromatic N) is 3. The first-order chi connectivity index (χ1) is 16.2. The van der Waals surface area contributed by atoms with Crippen LogP contribution in [0.1, 0.15) is 40.4 Å². The number of amides is 2. The van der Waals surface area contributed by atoms with Crippen LogP contribution in [0.4, 0.5) is 10.5 Å². The molecule has 34 heavy (non-hydrogen) atoms. The van der Waals surface area contributed by atoms with Gasteiger partial charge in [-0.25, -0.2) is 17.7 Å². The molecule has 2 amide bonds. The van der Waals surface area contributed by atoms with Gasteiger partial charge in [-0.3, -0.25) is 10.1 Å². The van der Waals surface area contributed by atoms with E-state index < -0.39 is 16.1 Å². The van der Waals surface area contributed by atoms with Gasteiger partial charge in [-0.05, 0) is 67.6 Å². The van der Waals surface area contributed by atoms with Crippen LogP contribution in [0.3, 0.4) is 0 Å². The largest absolute Gasteiger partial charge is 0.453 e. The molecule has 0 spiro atoms. The van der Waals surface area contributed by atoms with E-state index in [4.69, 9.17) is 0 Å². The van der Waals surface area contributed by atoms with Crippen LogP contribution >= 0.6 is 0 Å². The summed E-state index contributed by atoms with van der Waals surface area (Å²) in [4.78, 5) is 23.8. The van der Waals surface area contributed by atoms with E-state index in [2.05, 4.69) is 20.5 Å². The lowest BCUT2D eigenvalue weighted by molar-refractivity contribution is 0.0964. The number of piperidine rings is 1. The Morgan fingerprint density at radius 2 is 1.79 bits per heavy atom. The average Bonchev–Trinajstić information content (AvgIpc) is 3.18. The van der Waals surface area contributed by atoms with Crippen LogP contribution in [0.25, 0.3) is 5.52 Å². The molecule has 3 heterocycles. The highest BCUT2D eigenvalue weighted by Crippen LogP contribution is 2.32. The number of methoxy groups -OCH3 is 1. The fraction of sp³-hybridized carbons (Fsp3) is 0.348. The molecular formula is C23H27N5O5S. The number of rotatable bonds is 5. The molecule has 3 aromatic rings. The third kappa shape index (κ3) is 4.48. The molecule has 0 aliphatic carbocycles. The lowest BCUT2D eigenvalue weighted by Crippen LogP contribution is -2.37. The number of carbonyl (C=O) groups is 2. The number of fused-ring (bicyclic) bond motifs is 1. The quantitative estimate of drug-likeness (QED) is 0.573. The van der Waals surface area contributed by atoms with Gasteiger partial charge >= 0.3 is 6.09 Å². The number of anilines is 1. The van der Waals surface area contributed by atoms with Gasteiger partial charge < -0.3 is 10.1 Å². The predicted octanol–water partition coefficient (Wildman–Crippen LogP) is 2.75. The van der Waals surface area contributed by atoms with Crippen LogP contribution in [-0.2, 0) is 14.8 Å². The molecule has 2 aromatic heterocycles. The highest BCUT2D eigenvalue weighted by atomic mass is 32.2. The third-order valence-electron chi connectivity index (χ3n) is 6.14. The van der Waals surface area contributed by atoms with E-state index in [1.807, 2.05) is 18.3 Å². The second-order valence-electron chi connectivity index (χ2n) is 8.15. The van der Waals surface area contributed by atoms with Crippen molar-refractivity contribution in [3.8, 4) is 0 Å². The predicted molar refractivity (Wildman–Crippen MR) is 127 cm³/mol. The highest BCUT2D eigenvalue weighted by Gasteiger charge is 2.30. The SMILES string of the molecule is CNC(=O)c1c(C)nn2ccc(C3CCN(S(=O)(=O)c4ccc(NC(=O)OC)cc4)CC3)cc12. The van der Waals surface area contributed by atoms with E-state index in [1.54, 1.807) is 18.5 Å². The molecule has 0 bridgehead atoms. The molecule has 2 N–H and O–H groups in total. The molecule has 11 heteroatoms. The maximum atomic E-state index is 13.1. The summed E-state index contributed by atoms with van der Waals surface area (Å²) in [5.41, 5.74) is 3.46. The molecule has 1 fully saturated rings. The van der Waals surface area contributed by atoms with Crippen molar-refractivity contribution >= 4 is 33.2 Å². The van der Waals surface area contributed by atoms with Gasteiger partial charge in [-0.15, -0.1) is 0 Å². The Labute approximate surface area is 197 Å². The van der Waals surface area contributed by atoms with Crippen molar-refractivity contribution in [1.82, 2.24) is 19.2 Å². The average molecular weight is 486 g/mol. The molecule has 1 aliphatic rings. The van der Waals surface area contributed by atoms with E-state index >= 15 is 0 Å². The molecule has 180 valence electrons. The number of carbonyl (C=O) groups excluding carboxylic acids is 2. The van der Waals surface area contributed by atoms with Crippen LogP contribution in [0.2, 0.25) is 0 Å². The summed E-state index contributed by atoms with van der Waals surface area (Å²) in [6.45, 7) is 2.58. The van der Waals surface area contributed by atoms with E-state index in [0.29, 0.717) is 42.9 Å². The first-order valence-electron chi connectivity index (χ1n) is 10.9. The first-order valence-corrected chi connectivity index (χ1v) is 12.3. The smallest absolute Gasteiger partial charge is 0.411 e. The Kier molecular flexibility index (Phi) is 6.58. The standard InChI is InChI=1S/C23H27N5O5S/c1-15-21(22(29)24-2)20-14-17(10-13-28(20)26-15)16-8-11-27(12-9-16)34(31,32)19-6-4-18(5-7-19)25-23(30)33-3/h4-7,10,13-14,16H,8-9,11-12H2,1-3H3,(H,24,29)(H,25,30). The zero-order valence-corrected chi connectivity index (χ0v) is 20.1. The van der Waals surface area contributed by atoms with Gasteiger partial charge in [-0.2, -0.15) is 9.40 Å². The zero-order valence-electron chi connectivity index (χ0n) is 19.2. The number of hydrogen-bond acceptors (Lipinski definition) is 6. The second kappa shape index (κ2) is 9.43. The molecule has 4 rings (SSSR count). The Morgan fingerprint density at radius 3 is 2.41 bits per heavy atom. The number of pyridine rings is 1. The summed E-state index contributed by atoms with van der Waals surface area (Å²) >= 11 is 0. The number of hydrogen-bond donors (Lipinski definition) is 2. The number of aryl methyl sites for hydroxylation is 1. The number of nitrogens with one attached hydrogen (secondary N) is 2. The van der Waals surface area contributed by atoms with E-state index in [0.717, 1.165) is 11.1 Å². The van der Waals surface area contributed by atoms with Gasteiger partial charge in [0.25, 0.3) is 5.91 Å². The third-order valence-corrected chi connectivity index (χ3v) is 8.05. The minimum absolute atomic E-state index is 0.174. The molecule has 1 aliphatic heterocycles. The van der Waals surface area contributed by atoms with Crippen LogP contribution in [-0.4, -0.2) is 61.6 Å². The van der Waals surface area contributed by atoms with Gasteiger partial charge in [0, 0.05) is 32.0 Å². The van der Waals surface area contributed by atoms with Gasteiger partial charge in [0.15, 0.2) is 0 Å². The lowest BCUT2D eigenvalue weighted by atomic mass is 9.90. The van der Waals surface area contributed by atoms with Crippen LogP contribution < -0.4 is 10.6 Å². The zero-order chi connectivity index (χ0) is 24.5. The fourth-order valence-electron chi connectivity index (χ4n) is 4.30.